The van der Waals surface area contributed by atoms with Gasteiger partial charge in [-0.25, -0.2) is 8.42 Å². The Morgan fingerprint density at radius 1 is 1.10 bits per heavy atom. The Bertz CT molecular complexity index is 626. The minimum absolute atomic E-state index is 0.283. The minimum atomic E-state index is -3.85. The minimum Gasteiger partial charge on any atom is -0.459 e. The number of ether oxygens (including phenoxy) is 1. The van der Waals surface area contributed by atoms with Crippen molar-refractivity contribution >= 4 is 37.5 Å². The Hall–Kier alpha value is -1.21. The molecule has 0 fully saturated rings. The molecular formula is C14H17BrO5S. The molecule has 0 N–H and O–H groups in total. The zero-order valence-electron chi connectivity index (χ0n) is 12.1. The highest BCUT2D eigenvalue weighted by molar-refractivity contribution is 9.10. The smallest absolute Gasteiger partial charge is 0.321 e. The maximum Gasteiger partial charge on any atom is 0.321 e. The summed E-state index contributed by atoms with van der Waals surface area (Å²) in [4.78, 5) is 23.4. The second kappa shape index (κ2) is 6.70. The Morgan fingerprint density at radius 2 is 1.62 bits per heavy atom. The first-order valence-corrected chi connectivity index (χ1v) is 8.81. The molecule has 116 valence electrons. The van der Waals surface area contributed by atoms with E-state index in [1.54, 1.807) is 32.9 Å². The molecule has 0 bridgehead atoms. The first-order valence-electron chi connectivity index (χ1n) is 6.19. The maximum absolute atomic E-state index is 11.9. The fourth-order valence-corrected chi connectivity index (χ4v) is 2.87. The number of esters is 1. The molecule has 0 saturated heterocycles. The van der Waals surface area contributed by atoms with Gasteiger partial charge >= 0.3 is 5.97 Å². The normalized spacial score (nSPS) is 12.0. The van der Waals surface area contributed by atoms with Crippen molar-refractivity contribution in [1.29, 1.82) is 0 Å². The summed E-state index contributed by atoms with van der Waals surface area (Å²) < 4.78 is 29.4. The molecule has 1 rings (SSSR count). The lowest BCUT2D eigenvalue weighted by Gasteiger charge is -2.19. The number of ketones is 1. The van der Waals surface area contributed by atoms with Crippen molar-refractivity contribution in [3.05, 3.63) is 34.3 Å². The van der Waals surface area contributed by atoms with Crippen LogP contribution in [-0.4, -0.2) is 37.3 Å². The molecule has 0 spiro atoms. The van der Waals surface area contributed by atoms with Crippen molar-refractivity contribution < 1.29 is 22.7 Å². The number of Topliss-reactive ketones (excluding diaryl/α,β-unsaturated/α-hetero) is 1. The number of carbonyl (C=O) groups excluding carboxylic acids is 2. The van der Waals surface area contributed by atoms with Crippen molar-refractivity contribution in [1.82, 2.24) is 0 Å². The van der Waals surface area contributed by atoms with Crippen LogP contribution in [0.2, 0.25) is 0 Å². The van der Waals surface area contributed by atoms with E-state index in [0.29, 0.717) is 0 Å². The molecule has 0 atom stereocenters. The molecule has 0 radical (unpaired) electrons. The number of hydrogen-bond acceptors (Lipinski definition) is 5. The fourth-order valence-electron chi connectivity index (χ4n) is 1.52. The predicted octanol–water partition coefficient (Wildman–Crippen LogP) is 2.39. The molecule has 0 aliphatic rings. The molecule has 0 amide bonds. The van der Waals surface area contributed by atoms with E-state index in [4.69, 9.17) is 4.74 Å². The van der Waals surface area contributed by atoms with Gasteiger partial charge in [0.1, 0.15) is 17.1 Å². The molecular weight excluding hydrogens is 360 g/mol. The maximum atomic E-state index is 11.9. The van der Waals surface area contributed by atoms with Gasteiger partial charge in [0.15, 0.2) is 15.6 Å². The Labute approximate surface area is 132 Å². The summed E-state index contributed by atoms with van der Waals surface area (Å²) in [7, 11) is -3.85. The van der Waals surface area contributed by atoms with E-state index in [9.17, 15) is 18.0 Å². The van der Waals surface area contributed by atoms with Gasteiger partial charge in [-0.2, -0.15) is 0 Å². The third-order valence-electron chi connectivity index (χ3n) is 2.27. The van der Waals surface area contributed by atoms with Gasteiger partial charge in [-0.3, -0.25) is 9.59 Å². The lowest BCUT2D eigenvalue weighted by Crippen LogP contribution is -2.30. The van der Waals surface area contributed by atoms with Crippen LogP contribution in [-0.2, 0) is 19.4 Å². The van der Waals surface area contributed by atoms with Crippen LogP contribution in [0.1, 0.15) is 31.1 Å². The molecule has 0 aliphatic heterocycles. The van der Waals surface area contributed by atoms with E-state index in [2.05, 4.69) is 15.9 Å². The van der Waals surface area contributed by atoms with Gasteiger partial charge in [-0.1, -0.05) is 28.1 Å². The number of benzene rings is 1. The number of sulfone groups is 1. The van der Waals surface area contributed by atoms with Crippen molar-refractivity contribution in [3.8, 4) is 0 Å². The molecule has 0 heterocycles. The summed E-state index contributed by atoms with van der Waals surface area (Å²) >= 11 is 3.23. The second-order valence-corrected chi connectivity index (χ2v) is 8.53. The standard InChI is InChI=1S/C14H17BrO5S/c1-14(2,3)20-13(17)9-21(18,19)8-12(16)10-4-6-11(15)7-5-10/h4-7H,8-9H2,1-3H3. The summed E-state index contributed by atoms with van der Waals surface area (Å²) in [5.74, 6) is -2.92. The topological polar surface area (TPSA) is 77.5 Å². The van der Waals surface area contributed by atoms with Crippen molar-refractivity contribution in [2.45, 2.75) is 26.4 Å². The van der Waals surface area contributed by atoms with E-state index in [0.717, 1.165) is 4.47 Å². The molecule has 1 aromatic rings. The predicted molar refractivity (Wildman–Crippen MR) is 83.0 cm³/mol. The quantitative estimate of drug-likeness (QED) is 0.582. The molecule has 1 aromatic carbocycles. The van der Waals surface area contributed by atoms with Crippen LogP contribution in [0.4, 0.5) is 0 Å². The van der Waals surface area contributed by atoms with E-state index in [-0.39, 0.29) is 5.56 Å². The van der Waals surface area contributed by atoms with Gasteiger partial charge in [-0.15, -0.1) is 0 Å². The number of halogens is 1. The zero-order chi connectivity index (χ0) is 16.3. The van der Waals surface area contributed by atoms with E-state index in [1.165, 1.54) is 12.1 Å². The van der Waals surface area contributed by atoms with Crippen molar-refractivity contribution in [2.75, 3.05) is 11.5 Å². The van der Waals surface area contributed by atoms with E-state index < -0.39 is 38.7 Å². The van der Waals surface area contributed by atoms with Crippen LogP contribution in [0.25, 0.3) is 0 Å². The van der Waals surface area contributed by atoms with E-state index >= 15 is 0 Å². The SMILES string of the molecule is CC(C)(C)OC(=O)CS(=O)(=O)CC(=O)c1ccc(Br)cc1. The van der Waals surface area contributed by atoms with Crippen LogP contribution in [0.15, 0.2) is 28.7 Å². The Kier molecular flexibility index (Phi) is 5.69. The van der Waals surface area contributed by atoms with Gasteiger partial charge in [0, 0.05) is 10.0 Å². The summed E-state index contributed by atoms with van der Waals surface area (Å²) in [6, 6.07) is 6.34. The van der Waals surface area contributed by atoms with Gasteiger partial charge in [0.25, 0.3) is 0 Å². The molecule has 0 aromatic heterocycles. The molecule has 5 nitrogen and oxygen atoms in total. The van der Waals surface area contributed by atoms with E-state index in [1.807, 2.05) is 0 Å². The molecule has 21 heavy (non-hydrogen) atoms. The van der Waals surface area contributed by atoms with Gasteiger partial charge in [0.05, 0.1) is 0 Å². The highest BCUT2D eigenvalue weighted by Gasteiger charge is 2.25. The number of hydrogen-bond donors (Lipinski definition) is 0. The van der Waals surface area contributed by atoms with Crippen LogP contribution < -0.4 is 0 Å². The second-order valence-electron chi connectivity index (χ2n) is 5.55. The van der Waals surface area contributed by atoms with Gasteiger partial charge in [-0.05, 0) is 32.9 Å². The first-order chi connectivity index (χ1) is 9.48. The summed E-state index contributed by atoms with van der Waals surface area (Å²) in [6.07, 6.45) is 0. The highest BCUT2D eigenvalue weighted by Crippen LogP contribution is 2.12. The monoisotopic (exact) mass is 376 g/mol. The molecule has 0 unspecified atom stereocenters. The average Bonchev–Trinajstić information content (AvgIpc) is 2.24. The first kappa shape index (κ1) is 17.8. The third kappa shape index (κ3) is 6.86. The van der Waals surface area contributed by atoms with Crippen molar-refractivity contribution in [3.63, 3.8) is 0 Å². The largest absolute Gasteiger partial charge is 0.459 e. The molecule has 0 saturated carbocycles. The lowest BCUT2D eigenvalue weighted by molar-refractivity contribution is -0.151. The van der Waals surface area contributed by atoms with Gasteiger partial charge in [0.2, 0.25) is 0 Å². The molecule has 7 heteroatoms. The Morgan fingerprint density at radius 3 is 2.10 bits per heavy atom. The summed E-state index contributed by atoms with van der Waals surface area (Å²) in [5, 5.41) is 0. The average molecular weight is 377 g/mol. The fraction of sp³-hybridized carbons (Fsp3) is 0.429. The zero-order valence-corrected chi connectivity index (χ0v) is 14.5. The van der Waals surface area contributed by atoms with Crippen LogP contribution >= 0.6 is 15.9 Å². The highest BCUT2D eigenvalue weighted by atomic mass is 79.9. The lowest BCUT2D eigenvalue weighted by atomic mass is 10.2. The number of carbonyl (C=O) groups is 2. The third-order valence-corrected chi connectivity index (χ3v) is 4.18. The summed E-state index contributed by atoms with van der Waals surface area (Å²) in [5.41, 5.74) is -0.478. The summed E-state index contributed by atoms with van der Waals surface area (Å²) in [6.45, 7) is 4.93. The van der Waals surface area contributed by atoms with Gasteiger partial charge < -0.3 is 4.74 Å². The number of rotatable bonds is 5. The Balaban J connectivity index is 2.70. The van der Waals surface area contributed by atoms with Crippen LogP contribution in [0.3, 0.4) is 0 Å². The van der Waals surface area contributed by atoms with Crippen LogP contribution in [0.5, 0.6) is 0 Å². The molecule has 0 aliphatic carbocycles. The van der Waals surface area contributed by atoms with Crippen LogP contribution in [0, 0.1) is 0 Å². The van der Waals surface area contributed by atoms with Crippen molar-refractivity contribution in [2.24, 2.45) is 0 Å².